The third kappa shape index (κ3) is 4.36. The van der Waals surface area contributed by atoms with E-state index in [4.69, 9.17) is 9.26 Å². The Balaban J connectivity index is 1.77. The average molecular weight is 433 g/mol. The molecule has 5 nitrogen and oxygen atoms in total. The number of nitrogens with zero attached hydrogens (tertiary/aromatic N) is 1. The number of carbonyl (C=O) groups is 1. The molecule has 1 heterocycles. The molecular formula is C20H18BrFN2O3. The van der Waals surface area contributed by atoms with Crippen LogP contribution in [-0.2, 0) is 6.61 Å². The monoisotopic (exact) mass is 432 g/mol. The number of aromatic nitrogens is 1. The quantitative estimate of drug-likeness (QED) is 0.591. The first-order valence-corrected chi connectivity index (χ1v) is 9.06. The molecule has 7 heteroatoms. The molecule has 0 atom stereocenters. The number of hydrogen-bond donors (Lipinski definition) is 1. The first-order chi connectivity index (χ1) is 12.8. The summed E-state index contributed by atoms with van der Waals surface area (Å²) in [6, 6.07) is 10.1. The van der Waals surface area contributed by atoms with Crippen LogP contribution in [0.4, 0.5) is 10.1 Å². The molecular weight excluding hydrogens is 415 g/mol. The van der Waals surface area contributed by atoms with Gasteiger partial charge in [-0.1, -0.05) is 27.2 Å². The number of ether oxygens (including phenoxy) is 1. The number of rotatable bonds is 5. The Kier molecular flexibility index (Phi) is 5.60. The van der Waals surface area contributed by atoms with E-state index in [1.807, 2.05) is 32.0 Å². The van der Waals surface area contributed by atoms with E-state index in [2.05, 4.69) is 26.4 Å². The molecule has 0 aliphatic rings. The minimum atomic E-state index is -0.563. The van der Waals surface area contributed by atoms with E-state index in [-0.39, 0.29) is 18.0 Å². The predicted octanol–water partition coefficient (Wildman–Crippen LogP) is 5.33. The van der Waals surface area contributed by atoms with Gasteiger partial charge in [-0.2, -0.15) is 0 Å². The maximum Gasteiger partial charge on any atom is 0.278 e. The highest BCUT2D eigenvalue weighted by Gasteiger charge is 2.21. The van der Waals surface area contributed by atoms with Gasteiger partial charge in [0.1, 0.15) is 23.9 Å². The first kappa shape index (κ1) is 19.1. The van der Waals surface area contributed by atoms with Crippen molar-refractivity contribution < 1.29 is 18.4 Å². The van der Waals surface area contributed by atoms with Crippen LogP contribution in [0.2, 0.25) is 0 Å². The summed E-state index contributed by atoms with van der Waals surface area (Å²) < 4.78 is 25.5. The first-order valence-electron chi connectivity index (χ1n) is 8.26. The van der Waals surface area contributed by atoms with Gasteiger partial charge >= 0.3 is 0 Å². The van der Waals surface area contributed by atoms with Crippen molar-refractivity contribution in [2.24, 2.45) is 0 Å². The summed E-state index contributed by atoms with van der Waals surface area (Å²) in [4.78, 5) is 12.5. The van der Waals surface area contributed by atoms with Crippen LogP contribution in [0.25, 0.3) is 0 Å². The molecule has 0 unspecified atom stereocenters. The van der Waals surface area contributed by atoms with Gasteiger partial charge in [-0.3, -0.25) is 4.79 Å². The second-order valence-electron chi connectivity index (χ2n) is 6.18. The van der Waals surface area contributed by atoms with Gasteiger partial charge in [-0.05, 0) is 62.2 Å². The summed E-state index contributed by atoms with van der Waals surface area (Å²) in [7, 11) is 0. The van der Waals surface area contributed by atoms with Crippen LogP contribution in [0.15, 0.2) is 45.4 Å². The molecule has 0 aliphatic carbocycles. The van der Waals surface area contributed by atoms with Crippen LogP contribution >= 0.6 is 15.9 Å². The van der Waals surface area contributed by atoms with Gasteiger partial charge in [0.05, 0.1) is 11.3 Å². The second kappa shape index (κ2) is 7.92. The van der Waals surface area contributed by atoms with Crippen molar-refractivity contribution in [3.8, 4) is 5.75 Å². The number of carbonyl (C=O) groups excluding carboxylic acids is 1. The molecule has 3 aromatic rings. The van der Waals surface area contributed by atoms with Crippen molar-refractivity contribution >= 4 is 27.5 Å². The highest BCUT2D eigenvalue weighted by Crippen LogP contribution is 2.23. The Hall–Kier alpha value is -2.67. The normalized spacial score (nSPS) is 10.7. The zero-order valence-electron chi connectivity index (χ0n) is 15.1. The fourth-order valence-electron chi connectivity index (χ4n) is 2.47. The molecule has 0 bridgehead atoms. The van der Waals surface area contributed by atoms with Crippen molar-refractivity contribution in [1.82, 2.24) is 5.16 Å². The van der Waals surface area contributed by atoms with E-state index in [9.17, 15) is 9.18 Å². The molecule has 0 radical (unpaired) electrons. The van der Waals surface area contributed by atoms with Gasteiger partial charge in [-0.15, -0.1) is 0 Å². The Morgan fingerprint density at radius 2 is 1.96 bits per heavy atom. The summed E-state index contributed by atoms with van der Waals surface area (Å²) in [6.07, 6.45) is 0. The molecule has 0 aliphatic heterocycles. The molecule has 2 aromatic carbocycles. The lowest BCUT2D eigenvalue weighted by Gasteiger charge is -2.09. The van der Waals surface area contributed by atoms with E-state index >= 15 is 0 Å². The molecule has 0 spiro atoms. The van der Waals surface area contributed by atoms with Crippen LogP contribution in [0.5, 0.6) is 5.75 Å². The number of hydrogen-bond acceptors (Lipinski definition) is 4. The largest absolute Gasteiger partial charge is 0.489 e. The molecule has 0 saturated carbocycles. The molecule has 1 N–H and O–H groups in total. The van der Waals surface area contributed by atoms with Crippen molar-refractivity contribution in [3.63, 3.8) is 0 Å². The molecule has 1 aromatic heterocycles. The van der Waals surface area contributed by atoms with E-state index in [1.54, 1.807) is 13.0 Å². The molecule has 140 valence electrons. The minimum absolute atomic E-state index is 0.0601. The Bertz CT molecular complexity index is 1000. The minimum Gasteiger partial charge on any atom is -0.489 e. The number of anilines is 1. The highest BCUT2D eigenvalue weighted by atomic mass is 79.9. The molecule has 1 amide bonds. The molecule has 3 rings (SSSR count). The lowest BCUT2D eigenvalue weighted by atomic mass is 10.1. The van der Waals surface area contributed by atoms with Gasteiger partial charge in [0.2, 0.25) is 0 Å². The van der Waals surface area contributed by atoms with E-state index in [0.717, 1.165) is 5.56 Å². The number of benzene rings is 2. The summed E-state index contributed by atoms with van der Waals surface area (Å²) in [5.41, 5.74) is 2.92. The van der Waals surface area contributed by atoms with Crippen LogP contribution in [0, 0.1) is 26.6 Å². The maximum absolute atomic E-state index is 14.0. The third-order valence-electron chi connectivity index (χ3n) is 4.24. The Morgan fingerprint density at radius 3 is 2.67 bits per heavy atom. The van der Waals surface area contributed by atoms with Gasteiger partial charge in [-0.25, -0.2) is 4.39 Å². The van der Waals surface area contributed by atoms with Crippen molar-refractivity contribution in [3.05, 3.63) is 74.8 Å². The maximum atomic E-state index is 14.0. The van der Waals surface area contributed by atoms with Crippen molar-refractivity contribution in [2.45, 2.75) is 27.4 Å². The SMILES string of the molecule is Cc1ccc(OCc2c(C(=O)Nc3ccc(Br)cc3F)noc2C)cc1C. The number of amides is 1. The number of nitrogens with one attached hydrogen (secondary N) is 1. The zero-order chi connectivity index (χ0) is 19.6. The van der Waals surface area contributed by atoms with Gasteiger partial charge < -0.3 is 14.6 Å². The summed E-state index contributed by atoms with van der Waals surface area (Å²) in [6.45, 7) is 5.83. The summed E-state index contributed by atoms with van der Waals surface area (Å²) >= 11 is 3.18. The smallest absolute Gasteiger partial charge is 0.278 e. The van der Waals surface area contributed by atoms with Crippen LogP contribution in [0.3, 0.4) is 0 Å². The third-order valence-corrected chi connectivity index (χ3v) is 4.73. The molecule has 27 heavy (non-hydrogen) atoms. The topological polar surface area (TPSA) is 64.4 Å². The number of aryl methyl sites for hydroxylation is 3. The summed E-state index contributed by atoms with van der Waals surface area (Å²) in [5, 5.41) is 6.31. The standard InChI is InChI=1S/C20H18BrFN2O3/c1-11-4-6-15(8-12(11)2)26-10-16-13(3)27-24-19(16)20(25)23-18-7-5-14(21)9-17(18)22/h4-9H,10H2,1-3H3,(H,23,25). The Labute approximate surface area is 164 Å². The number of halogens is 2. The second-order valence-corrected chi connectivity index (χ2v) is 7.09. The van der Waals surface area contributed by atoms with E-state index in [0.29, 0.717) is 21.5 Å². The molecule has 0 fully saturated rings. The fourth-order valence-corrected chi connectivity index (χ4v) is 2.80. The van der Waals surface area contributed by atoms with E-state index in [1.165, 1.54) is 17.7 Å². The van der Waals surface area contributed by atoms with Crippen molar-refractivity contribution in [2.75, 3.05) is 5.32 Å². The lowest BCUT2D eigenvalue weighted by Crippen LogP contribution is -2.16. The van der Waals surface area contributed by atoms with Gasteiger partial charge in [0.15, 0.2) is 5.69 Å². The summed E-state index contributed by atoms with van der Waals surface area (Å²) in [5.74, 6) is 0.0434. The average Bonchev–Trinajstić information content (AvgIpc) is 2.99. The van der Waals surface area contributed by atoms with E-state index < -0.39 is 11.7 Å². The van der Waals surface area contributed by atoms with Gasteiger partial charge in [0, 0.05) is 4.47 Å². The van der Waals surface area contributed by atoms with Crippen LogP contribution in [0.1, 0.15) is 32.9 Å². The fraction of sp³-hybridized carbons (Fsp3) is 0.200. The lowest BCUT2D eigenvalue weighted by molar-refractivity contribution is 0.101. The van der Waals surface area contributed by atoms with Crippen molar-refractivity contribution in [1.29, 1.82) is 0 Å². The molecule has 0 saturated heterocycles. The zero-order valence-corrected chi connectivity index (χ0v) is 16.7. The van der Waals surface area contributed by atoms with Crippen LogP contribution in [-0.4, -0.2) is 11.1 Å². The van der Waals surface area contributed by atoms with Gasteiger partial charge in [0.25, 0.3) is 5.91 Å². The van der Waals surface area contributed by atoms with Crippen LogP contribution < -0.4 is 10.1 Å². The highest BCUT2D eigenvalue weighted by molar-refractivity contribution is 9.10. The predicted molar refractivity (Wildman–Crippen MR) is 104 cm³/mol. The Morgan fingerprint density at radius 1 is 1.19 bits per heavy atom.